The zero-order valence-corrected chi connectivity index (χ0v) is 15.9. The second-order valence-electron chi connectivity index (χ2n) is 5.87. The average molecular weight is 375 g/mol. The van der Waals surface area contributed by atoms with E-state index in [1.807, 2.05) is 13.8 Å². The number of sulfonamides is 1. The second kappa shape index (κ2) is 8.82. The third kappa shape index (κ3) is 4.83. The summed E-state index contributed by atoms with van der Waals surface area (Å²) in [6.07, 6.45) is 0.806. The van der Waals surface area contributed by atoms with E-state index in [9.17, 15) is 13.2 Å². The summed E-state index contributed by atoms with van der Waals surface area (Å²) in [5, 5.41) is 2.78. The number of rotatable bonds is 8. The molecule has 0 aliphatic rings. The van der Waals surface area contributed by atoms with E-state index in [1.165, 1.54) is 4.31 Å². The number of nitrogens with two attached hydrogens (primary N) is 1. The Morgan fingerprint density at radius 2 is 1.65 bits per heavy atom. The fraction of sp³-hybridized carbons (Fsp3) is 0.316. The van der Waals surface area contributed by atoms with Crippen molar-refractivity contribution in [2.24, 2.45) is 0 Å². The number of benzene rings is 2. The number of nitrogens with zero attached hydrogens (tertiary/aromatic N) is 1. The highest BCUT2D eigenvalue weighted by Crippen LogP contribution is 2.19. The van der Waals surface area contributed by atoms with Gasteiger partial charge in [0.2, 0.25) is 15.9 Å². The van der Waals surface area contributed by atoms with Crippen molar-refractivity contribution in [1.29, 1.82) is 0 Å². The van der Waals surface area contributed by atoms with Crippen molar-refractivity contribution in [3.8, 4) is 0 Å². The number of aryl methyl sites for hydroxylation is 1. The molecule has 0 spiro atoms. The van der Waals surface area contributed by atoms with Crippen LogP contribution in [0.1, 0.15) is 25.8 Å². The second-order valence-corrected chi connectivity index (χ2v) is 7.81. The van der Waals surface area contributed by atoms with Gasteiger partial charge in [0.15, 0.2) is 0 Å². The van der Waals surface area contributed by atoms with Crippen LogP contribution in [0.2, 0.25) is 0 Å². The summed E-state index contributed by atoms with van der Waals surface area (Å²) >= 11 is 0. The van der Waals surface area contributed by atoms with Gasteiger partial charge in [-0.3, -0.25) is 4.79 Å². The van der Waals surface area contributed by atoms with Crippen LogP contribution < -0.4 is 11.1 Å². The highest BCUT2D eigenvalue weighted by molar-refractivity contribution is 7.89. The van der Waals surface area contributed by atoms with Crippen molar-refractivity contribution in [3.63, 3.8) is 0 Å². The van der Waals surface area contributed by atoms with Crippen molar-refractivity contribution >= 4 is 27.3 Å². The molecule has 2 aromatic rings. The first kappa shape index (κ1) is 19.9. The fourth-order valence-corrected chi connectivity index (χ4v) is 4.08. The lowest BCUT2D eigenvalue weighted by molar-refractivity contribution is -0.116. The Kier molecular flexibility index (Phi) is 6.76. The Morgan fingerprint density at radius 3 is 2.23 bits per heavy atom. The van der Waals surface area contributed by atoms with Gasteiger partial charge in [-0.25, -0.2) is 8.42 Å². The van der Waals surface area contributed by atoms with Crippen molar-refractivity contribution in [2.45, 2.75) is 31.6 Å². The molecule has 0 aliphatic carbocycles. The summed E-state index contributed by atoms with van der Waals surface area (Å²) in [6.45, 7) is 4.49. The van der Waals surface area contributed by atoms with Crippen LogP contribution in [0.5, 0.6) is 0 Å². The zero-order chi connectivity index (χ0) is 19.2. The van der Waals surface area contributed by atoms with Gasteiger partial charge in [0.25, 0.3) is 0 Å². The smallest absolute Gasteiger partial charge is 0.243 e. The maximum Gasteiger partial charge on any atom is 0.243 e. The molecular formula is C19H25N3O3S. The Bertz CT molecular complexity index is 845. The van der Waals surface area contributed by atoms with E-state index >= 15 is 0 Å². The standard InChI is InChI=1S/C19H25N3O3S/c1-3-22(4-2)26(24,25)16-12-9-15(10-13-16)11-14-19(23)21-18-8-6-5-7-17(18)20/h5-10,12-13H,3-4,11,14,20H2,1-2H3,(H,21,23). The third-order valence-electron chi connectivity index (χ3n) is 4.14. The largest absolute Gasteiger partial charge is 0.397 e. The van der Waals surface area contributed by atoms with Gasteiger partial charge in [-0.05, 0) is 36.2 Å². The van der Waals surface area contributed by atoms with Crippen molar-refractivity contribution in [2.75, 3.05) is 24.1 Å². The van der Waals surface area contributed by atoms with Crippen LogP contribution in [0.15, 0.2) is 53.4 Å². The molecule has 3 N–H and O–H groups in total. The van der Waals surface area contributed by atoms with Gasteiger partial charge in [-0.15, -0.1) is 0 Å². The van der Waals surface area contributed by atoms with Gasteiger partial charge in [-0.1, -0.05) is 38.1 Å². The highest BCUT2D eigenvalue weighted by atomic mass is 32.2. The highest BCUT2D eigenvalue weighted by Gasteiger charge is 2.21. The minimum atomic E-state index is -3.45. The zero-order valence-electron chi connectivity index (χ0n) is 15.1. The predicted molar refractivity (Wildman–Crippen MR) is 104 cm³/mol. The number of carbonyl (C=O) groups is 1. The van der Waals surface area contributed by atoms with E-state index in [-0.39, 0.29) is 17.2 Å². The Morgan fingerprint density at radius 1 is 1.04 bits per heavy atom. The molecule has 26 heavy (non-hydrogen) atoms. The summed E-state index contributed by atoms with van der Waals surface area (Å²) < 4.78 is 26.3. The molecule has 0 saturated heterocycles. The van der Waals surface area contributed by atoms with Crippen LogP contribution in [0.25, 0.3) is 0 Å². The topological polar surface area (TPSA) is 92.5 Å². The number of nitrogen functional groups attached to an aromatic ring is 1. The quantitative estimate of drug-likeness (QED) is 0.694. The molecule has 0 bridgehead atoms. The monoisotopic (exact) mass is 375 g/mol. The number of para-hydroxylation sites is 2. The molecule has 1 amide bonds. The molecule has 0 heterocycles. The number of nitrogens with one attached hydrogen (secondary N) is 1. The molecule has 140 valence electrons. The minimum absolute atomic E-state index is 0.136. The lowest BCUT2D eigenvalue weighted by Gasteiger charge is -2.18. The van der Waals surface area contributed by atoms with Gasteiger partial charge in [-0.2, -0.15) is 4.31 Å². The Labute approximate surface area is 155 Å². The molecule has 2 aromatic carbocycles. The molecule has 6 nitrogen and oxygen atoms in total. The van der Waals surface area contributed by atoms with Crippen LogP contribution in [0.4, 0.5) is 11.4 Å². The van der Waals surface area contributed by atoms with Crippen molar-refractivity contribution in [1.82, 2.24) is 4.31 Å². The predicted octanol–water partition coefficient (Wildman–Crippen LogP) is 2.87. The molecule has 0 aliphatic heterocycles. The molecular weight excluding hydrogens is 350 g/mol. The summed E-state index contributed by atoms with van der Waals surface area (Å²) in [5.74, 6) is -0.136. The lowest BCUT2D eigenvalue weighted by Crippen LogP contribution is -2.30. The van der Waals surface area contributed by atoms with Gasteiger partial charge >= 0.3 is 0 Å². The van der Waals surface area contributed by atoms with Crippen LogP contribution in [-0.2, 0) is 21.2 Å². The van der Waals surface area contributed by atoms with Crippen molar-refractivity contribution < 1.29 is 13.2 Å². The van der Waals surface area contributed by atoms with E-state index in [4.69, 9.17) is 5.73 Å². The first-order chi connectivity index (χ1) is 12.4. The van der Waals surface area contributed by atoms with Gasteiger partial charge in [0.1, 0.15) is 0 Å². The van der Waals surface area contributed by atoms with Crippen LogP contribution in [0, 0.1) is 0 Å². The molecule has 0 aromatic heterocycles. The van der Waals surface area contributed by atoms with Crippen LogP contribution >= 0.6 is 0 Å². The first-order valence-electron chi connectivity index (χ1n) is 8.62. The first-order valence-corrected chi connectivity index (χ1v) is 10.1. The number of carbonyl (C=O) groups excluding carboxylic acids is 1. The summed E-state index contributed by atoms with van der Waals surface area (Å²) in [5.41, 5.74) is 7.82. The molecule has 0 unspecified atom stereocenters. The van der Waals surface area contributed by atoms with E-state index < -0.39 is 10.0 Å². The average Bonchev–Trinajstić information content (AvgIpc) is 2.63. The third-order valence-corrected chi connectivity index (χ3v) is 6.21. The van der Waals surface area contributed by atoms with E-state index in [2.05, 4.69) is 5.32 Å². The van der Waals surface area contributed by atoms with Gasteiger partial charge in [0, 0.05) is 19.5 Å². The van der Waals surface area contributed by atoms with Crippen molar-refractivity contribution in [3.05, 3.63) is 54.1 Å². The number of hydrogen-bond donors (Lipinski definition) is 2. The molecule has 0 radical (unpaired) electrons. The molecule has 7 heteroatoms. The van der Waals surface area contributed by atoms with E-state index in [0.29, 0.717) is 30.9 Å². The van der Waals surface area contributed by atoms with Crippen LogP contribution in [0.3, 0.4) is 0 Å². The summed E-state index contributed by atoms with van der Waals surface area (Å²) in [6, 6.07) is 13.8. The summed E-state index contributed by atoms with van der Waals surface area (Å²) in [7, 11) is -3.45. The number of hydrogen-bond acceptors (Lipinski definition) is 4. The molecule has 0 fully saturated rings. The molecule has 2 rings (SSSR count). The van der Waals surface area contributed by atoms with Crippen LogP contribution in [-0.4, -0.2) is 31.7 Å². The Hall–Kier alpha value is -2.38. The van der Waals surface area contributed by atoms with Gasteiger partial charge < -0.3 is 11.1 Å². The number of amides is 1. The SMILES string of the molecule is CCN(CC)S(=O)(=O)c1ccc(CCC(=O)Nc2ccccc2N)cc1. The van der Waals surface area contributed by atoms with E-state index in [1.54, 1.807) is 48.5 Å². The van der Waals surface area contributed by atoms with E-state index in [0.717, 1.165) is 5.56 Å². The Balaban J connectivity index is 1.97. The lowest BCUT2D eigenvalue weighted by atomic mass is 10.1. The number of anilines is 2. The normalized spacial score (nSPS) is 11.5. The van der Waals surface area contributed by atoms with Gasteiger partial charge in [0.05, 0.1) is 16.3 Å². The maximum absolute atomic E-state index is 12.5. The minimum Gasteiger partial charge on any atom is -0.397 e. The maximum atomic E-state index is 12.5. The molecule has 0 saturated carbocycles. The molecule has 0 atom stereocenters. The fourth-order valence-electron chi connectivity index (χ4n) is 2.62. The summed E-state index contributed by atoms with van der Waals surface area (Å²) in [4.78, 5) is 12.3.